The lowest BCUT2D eigenvalue weighted by Gasteiger charge is -2.34. The molecule has 1 heteroatoms. The molecule has 0 saturated heterocycles. The van der Waals surface area contributed by atoms with Crippen LogP contribution in [0.3, 0.4) is 0 Å². The van der Waals surface area contributed by atoms with Crippen LogP contribution in [0.2, 0.25) is 0 Å². The minimum absolute atomic E-state index is 0.0156. The van der Waals surface area contributed by atoms with E-state index in [2.05, 4.69) is 27.4 Å². The van der Waals surface area contributed by atoms with Crippen molar-refractivity contribution in [3.05, 3.63) is 12.7 Å². The Labute approximate surface area is 70.4 Å². The molecule has 66 valence electrons. The first kappa shape index (κ1) is 10.7. The van der Waals surface area contributed by atoms with E-state index in [4.69, 9.17) is 4.74 Å². The number of rotatable bonds is 5. The average Bonchev–Trinajstić information content (AvgIpc) is 2.00. The summed E-state index contributed by atoms with van der Waals surface area (Å²) >= 11 is 0. The maximum absolute atomic E-state index is 5.52. The molecule has 0 N–H and O–H groups in total. The van der Waals surface area contributed by atoms with Crippen LogP contribution in [0.5, 0.6) is 0 Å². The van der Waals surface area contributed by atoms with Gasteiger partial charge in [0.2, 0.25) is 0 Å². The summed E-state index contributed by atoms with van der Waals surface area (Å²) in [4.78, 5) is 0. The van der Waals surface area contributed by atoms with E-state index in [9.17, 15) is 0 Å². The Morgan fingerprint density at radius 1 is 1.55 bits per heavy atom. The topological polar surface area (TPSA) is 9.23 Å². The van der Waals surface area contributed by atoms with Crippen molar-refractivity contribution in [3.63, 3.8) is 0 Å². The van der Waals surface area contributed by atoms with Gasteiger partial charge in [0.1, 0.15) is 0 Å². The van der Waals surface area contributed by atoms with Gasteiger partial charge in [0.25, 0.3) is 0 Å². The summed E-state index contributed by atoms with van der Waals surface area (Å²) in [5, 5.41) is 0. The van der Waals surface area contributed by atoms with Gasteiger partial charge < -0.3 is 4.74 Å². The Bertz CT molecular complexity index is 112. The van der Waals surface area contributed by atoms with Gasteiger partial charge in [-0.1, -0.05) is 26.8 Å². The first-order chi connectivity index (χ1) is 5.13. The van der Waals surface area contributed by atoms with Gasteiger partial charge in [0.05, 0.1) is 5.60 Å². The third kappa shape index (κ3) is 2.33. The standard InChI is InChI=1S/C10H20O/c1-6-8-10(7-2,11-5)9(3)4/h6,9H,1,7-8H2,2-5H3/t10-/m1/s1. The molecule has 0 rings (SSSR count). The molecule has 0 radical (unpaired) electrons. The van der Waals surface area contributed by atoms with Crippen molar-refractivity contribution in [2.75, 3.05) is 7.11 Å². The molecule has 0 aliphatic rings. The molecule has 0 aliphatic heterocycles. The summed E-state index contributed by atoms with van der Waals surface area (Å²) in [5.41, 5.74) is 0.0156. The molecule has 11 heavy (non-hydrogen) atoms. The molecule has 0 aromatic heterocycles. The van der Waals surface area contributed by atoms with Crippen molar-refractivity contribution in [2.45, 2.75) is 39.2 Å². The van der Waals surface area contributed by atoms with Crippen LogP contribution in [0.15, 0.2) is 12.7 Å². The second kappa shape index (κ2) is 4.55. The van der Waals surface area contributed by atoms with Crippen LogP contribution < -0.4 is 0 Å². The Morgan fingerprint density at radius 2 is 2.09 bits per heavy atom. The summed E-state index contributed by atoms with van der Waals surface area (Å²) in [6.07, 6.45) is 3.93. The van der Waals surface area contributed by atoms with Crippen LogP contribution in [-0.4, -0.2) is 12.7 Å². The first-order valence-electron chi connectivity index (χ1n) is 4.29. The largest absolute Gasteiger partial charge is 0.378 e. The summed E-state index contributed by atoms with van der Waals surface area (Å²) < 4.78 is 5.52. The van der Waals surface area contributed by atoms with E-state index in [0.717, 1.165) is 12.8 Å². The Hall–Kier alpha value is -0.300. The molecule has 0 aromatic rings. The predicted molar refractivity (Wildman–Crippen MR) is 49.7 cm³/mol. The number of hydrogen-bond acceptors (Lipinski definition) is 1. The summed E-state index contributed by atoms with van der Waals surface area (Å²) in [6.45, 7) is 10.3. The second-order valence-electron chi connectivity index (χ2n) is 3.27. The molecule has 0 bridgehead atoms. The number of methoxy groups -OCH3 is 1. The second-order valence-corrected chi connectivity index (χ2v) is 3.27. The van der Waals surface area contributed by atoms with Crippen molar-refractivity contribution in [3.8, 4) is 0 Å². The zero-order chi connectivity index (χ0) is 8.91. The summed E-state index contributed by atoms with van der Waals surface area (Å²) in [6, 6.07) is 0. The van der Waals surface area contributed by atoms with Crippen LogP contribution in [0.4, 0.5) is 0 Å². The third-order valence-electron chi connectivity index (χ3n) is 2.55. The fourth-order valence-electron chi connectivity index (χ4n) is 1.50. The van der Waals surface area contributed by atoms with E-state index in [1.807, 2.05) is 6.08 Å². The molecule has 1 nitrogen and oxygen atoms in total. The number of ether oxygens (including phenoxy) is 1. The quantitative estimate of drug-likeness (QED) is 0.556. The average molecular weight is 156 g/mol. The van der Waals surface area contributed by atoms with E-state index in [1.54, 1.807) is 7.11 Å². The van der Waals surface area contributed by atoms with Crippen LogP contribution >= 0.6 is 0 Å². The minimum atomic E-state index is 0.0156. The van der Waals surface area contributed by atoms with E-state index in [1.165, 1.54) is 0 Å². The van der Waals surface area contributed by atoms with Crippen LogP contribution in [0.25, 0.3) is 0 Å². The Kier molecular flexibility index (Phi) is 4.43. The van der Waals surface area contributed by atoms with E-state index < -0.39 is 0 Å². The minimum Gasteiger partial charge on any atom is -0.378 e. The van der Waals surface area contributed by atoms with Crippen LogP contribution in [0, 0.1) is 5.92 Å². The van der Waals surface area contributed by atoms with Gasteiger partial charge in [-0.05, 0) is 18.8 Å². The summed E-state index contributed by atoms with van der Waals surface area (Å²) in [7, 11) is 1.78. The predicted octanol–water partition coefficient (Wildman–Crippen LogP) is 3.01. The maximum Gasteiger partial charge on any atom is 0.0733 e. The zero-order valence-electron chi connectivity index (χ0n) is 8.18. The van der Waals surface area contributed by atoms with Crippen LogP contribution in [-0.2, 0) is 4.74 Å². The van der Waals surface area contributed by atoms with Crippen molar-refractivity contribution < 1.29 is 4.74 Å². The lowest BCUT2D eigenvalue weighted by Crippen LogP contribution is -2.35. The molecular weight excluding hydrogens is 136 g/mol. The van der Waals surface area contributed by atoms with Gasteiger partial charge in [-0.2, -0.15) is 0 Å². The monoisotopic (exact) mass is 156 g/mol. The molecule has 0 aliphatic carbocycles. The van der Waals surface area contributed by atoms with Crippen molar-refractivity contribution >= 4 is 0 Å². The lowest BCUT2D eigenvalue weighted by molar-refractivity contribution is -0.0482. The molecule has 0 amide bonds. The normalized spacial score (nSPS) is 16.5. The fraction of sp³-hybridized carbons (Fsp3) is 0.800. The number of hydrogen-bond donors (Lipinski definition) is 0. The van der Waals surface area contributed by atoms with Gasteiger partial charge in [-0.25, -0.2) is 0 Å². The molecule has 0 fully saturated rings. The first-order valence-corrected chi connectivity index (χ1v) is 4.29. The molecule has 0 spiro atoms. The van der Waals surface area contributed by atoms with Crippen LogP contribution in [0.1, 0.15) is 33.6 Å². The zero-order valence-corrected chi connectivity index (χ0v) is 8.18. The molecule has 0 heterocycles. The molecule has 0 aromatic carbocycles. The smallest absolute Gasteiger partial charge is 0.0733 e. The van der Waals surface area contributed by atoms with Gasteiger partial charge in [0, 0.05) is 7.11 Å². The fourth-order valence-corrected chi connectivity index (χ4v) is 1.50. The van der Waals surface area contributed by atoms with Gasteiger partial charge in [-0.3, -0.25) is 0 Å². The van der Waals surface area contributed by atoms with Crippen molar-refractivity contribution in [1.29, 1.82) is 0 Å². The van der Waals surface area contributed by atoms with Crippen molar-refractivity contribution in [2.24, 2.45) is 5.92 Å². The van der Waals surface area contributed by atoms with Gasteiger partial charge >= 0.3 is 0 Å². The highest BCUT2D eigenvalue weighted by Gasteiger charge is 2.29. The molecule has 0 saturated carbocycles. The Balaban J connectivity index is 4.31. The van der Waals surface area contributed by atoms with E-state index >= 15 is 0 Å². The molecular formula is C10H20O. The third-order valence-corrected chi connectivity index (χ3v) is 2.55. The Morgan fingerprint density at radius 3 is 2.18 bits per heavy atom. The highest BCUT2D eigenvalue weighted by atomic mass is 16.5. The van der Waals surface area contributed by atoms with Gasteiger partial charge in [0.15, 0.2) is 0 Å². The van der Waals surface area contributed by atoms with Crippen molar-refractivity contribution in [1.82, 2.24) is 0 Å². The highest BCUT2D eigenvalue weighted by Crippen LogP contribution is 2.28. The van der Waals surface area contributed by atoms with E-state index in [0.29, 0.717) is 5.92 Å². The lowest BCUT2D eigenvalue weighted by atomic mass is 9.84. The SMILES string of the molecule is C=CC[C@@](CC)(OC)C(C)C. The summed E-state index contributed by atoms with van der Waals surface area (Å²) in [5.74, 6) is 0.551. The highest BCUT2D eigenvalue weighted by molar-refractivity contribution is 4.89. The maximum atomic E-state index is 5.52. The van der Waals surface area contributed by atoms with E-state index in [-0.39, 0.29) is 5.60 Å². The molecule has 1 atom stereocenters. The molecule has 0 unspecified atom stereocenters. The van der Waals surface area contributed by atoms with Gasteiger partial charge in [-0.15, -0.1) is 6.58 Å².